The third-order valence-electron chi connectivity index (χ3n) is 11.0. The van der Waals surface area contributed by atoms with Crippen molar-refractivity contribution < 1.29 is 24.1 Å². The number of benzene rings is 1. The summed E-state index contributed by atoms with van der Waals surface area (Å²) in [6.45, 7) is 8.55. The van der Waals surface area contributed by atoms with Crippen LogP contribution in [0.5, 0.6) is 11.5 Å². The van der Waals surface area contributed by atoms with Crippen LogP contribution in [0, 0.1) is 23.2 Å². The van der Waals surface area contributed by atoms with E-state index in [-0.39, 0.29) is 25.4 Å². The van der Waals surface area contributed by atoms with E-state index in [9.17, 15) is 14.7 Å². The number of carbonyl (C=O) groups is 1. The number of cyclic esters (lactones) is 1. The highest BCUT2D eigenvalue weighted by atomic mass is 16.7. The molecular formula is C32H35N3O6. The van der Waals surface area contributed by atoms with Crippen LogP contribution in [-0.4, -0.2) is 34.0 Å². The third kappa shape index (κ3) is 3.39. The Morgan fingerprint density at radius 2 is 1.90 bits per heavy atom. The molecular weight excluding hydrogens is 522 g/mol. The number of fused-ring (bicyclic) bond motifs is 8. The molecule has 3 fully saturated rings. The zero-order valence-electron chi connectivity index (χ0n) is 23.7. The molecule has 9 heteroatoms. The Balaban J connectivity index is 1.22. The Morgan fingerprint density at radius 3 is 2.66 bits per heavy atom. The molecule has 9 nitrogen and oxygen atoms in total. The Bertz CT molecular complexity index is 1710. The van der Waals surface area contributed by atoms with Crippen molar-refractivity contribution in [3.05, 3.63) is 50.8 Å². The van der Waals surface area contributed by atoms with E-state index in [4.69, 9.17) is 19.2 Å². The molecule has 4 atom stereocenters. The average Bonchev–Trinajstić information content (AvgIpc) is 3.58. The van der Waals surface area contributed by atoms with Crippen LogP contribution < -0.4 is 20.3 Å². The summed E-state index contributed by atoms with van der Waals surface area (Å²) < 4.78 is 18.3. The van der Waals surface area contributed by atoms with Gasteiger partial charge >= 0.3 is 5.97 Å². The number of rotatable bonds is 5. The standard InChI is InChI=1S/C32H35N3O6/c1-4-32(38)23-9-25-28-20(13-35(25)29(36)21(23)14-39-30(32)37)19(18-8-26-27(41-15-40-26)10-24(18)34-28)12-33-11-16-5-6-17-7-22(16)31(17,2)3/h8-10,16-17,22,33,38H,4-7,11-15H2,1-3H3/t16?,17?,22?,32-/m0/s1. The van der Waals surface area contributed by atoms with Crippen molar-refractivity contribution >= 4 is 16.9 Å². The Labute approximate surface area is 237 Å². The number of hydrogen-bond acceptors (Lipinski definition) is 8. The van der Waals surface area contributed by atoms with Crippen LogP contribution in [0.3, 0.4) is 0 Å². The Kier molecular flexibility index (Phi) is 5.27. The first-order valence-electron chi connectivity index (χ1n) is 14.8. The van der Waals surface area contributed by atoms with E-state index in [1.54, 1.807) is 17.6 Å². The first-order chi connectivity index (χ1) is 19.7. The molecule has 5 heterocycles. The van der Waals surface area contributed by atoms with E-state index in [1.165, 1.54) is 19.3 Å². The zero-order valence-corrected chi connectivity index (χ0v) is 23.7. The molecule has 3 aromatic rings. The van der Waals surface area contributed by atoms with E-state index < -0.39 is 11.6 Å². The van der Waals surface area contributed by atoms with Gasteiger partial charge < -0.3 is 29.2 Å². The minimum absolute atomic E-state index is 0.109. The molecule has 214 valence electrons. The van der Waals surface area contributed by atoms with Crippen LogP contribution in [0.15, 0.2) is 23.0 Å². The summed E-state index contributed by atoms with van der Waals surface area (Å²) in [6, 6.07) is 5.67. The maximum atomic E-state index is 13.8. The maximum absolute atomic E-state index is 13.8. The number of pyridine rings is 2. The lowest BCUT2D eigenvalue weighted by Crippen LogP contribution is -2.54. The van der Waals surface area contributed by atoms with E-state index in [2.05, 4.69) is 19.2 Å². The summed E-state index contributed by atoms with van der Waals surface area (Å²) in [5.74, 6) is 2.92. The number of ether oxygens (including phenoxy) is 3. The molecule has 41 heavy (non-hydrogen) atoms. The topological polar surface area (TPSA) is 112 Å². The number of esters is 1. The average molecular weight is 558 g/mol. The Morgan fingerprint density at radius 1 is 1.10 bits per heavy atom. The second-order valence-electron chi connectivity index (χ2n) is 13.1. The molecule has 2 bridgehead atoms. The van der Waals surface area contributed by atoms with Crippen LogP contribution in [-0.2, 0) is 34.8 Å². The molecule has 0 radical (unpaired) electrons. The molecule has 3 unspecified atom stereocenters. The summed E-state index contributed by atoms with van der Waals surface area (Å²) in [4.78, 5) is 31.4. The molecule has 9 rings (SSSR count). The van der Waals surface area contributed by atoms with E-state index in [0.29, 0.717) is 58.4 Å². The van der Waals surface area contributed by atoms with Crippen molar-refractivity contribution in [2.75, 3.05) is 13.3 Å². The first-order valence-corrected chi connectivity index (χ1v) is 14.8. The molecule has 2 N–H and O–H groups in total. The summed E-state index contributed by atoms with van der Waals surface area (Å²) in [5.41, 5.74) is 3.11. The number of nitrogens with zero attached hydrogens (tertiary/aromatic N) is 2. The van der Waals surface area contributed by atoms with Crippen molar-refractivity contribution in [3.63, 3.8) is 0 Å². The van der Waals surface area contributed by atoms with Gasteiger partial charge in [-0.15, -0.1) is 0 Å². The number of aliphatic hydroxyl groups is 1. The van der Waals surface area contributed by atoms with Crippen LogP contribution in [0.25, 0.3) is 22.3 Å². The van der Waals surface area contributed by atoms with Crippen LogP contribution in [0.1, 0.15) is 68.7 Å². The molecule has 3 aliphatic heterocycles. The molecule has 6 aliphatic rings. The van der Waals surface area contributed by atoms with Crippen molar-refractivity contribution in [2.45, 2.75) is 71.8 Å². The third-order valence-corrected chi connectivity index (χ3v) is 11.0. The number of nitrogens with one attached hydrogen (secondary N) is 1. The fourth-order valence-corrected chi connectivity index (χ4v) is 8.34. The number of hydrogen-bond donors (Lipinski definition) is 2. The van der Waals surface area contributed by atoms with Crippen molar-refractivity contribution in [1.29, 1.82) is 0 Å². The minimum atomic E-state index is -1.85. The maximum Gasteiger partial charge on any atom is 0.343 e. The largest absolute Gasteiger partial charge is 0.458 e. The van der Waals surface area contributed by atoms with Gasteiger partial charge in [-0.3, -0.25) is 4.79 Å². The van der Waals surface area contributed by atoms with Gasteiger partial charge in [0.05, 0.1) is 29.0 Å². The molecule has 0 amide bonds. The lowest BCUT2D eigenvalue weighted by Gasteiger charge is -2.60. The van der Waals surface area contributed by atoms with Crippen molar-refractivity contribution in [1.82, 2.24) is 14.9 Å². The van der Waals surface area contributed by atoms with Gasteiger partial charge in [-0.1, -0.05) is 20.8 Å². The zero-order chi connectivity index (χ0) is 28.3. The van der Waals surface area contributed by atoms with Crippen LogP contribution >= 0.6 is 0 Å². The highest BCUT2D eigenvalue weighted by Crippen LogP contribution is 2.61. The van der Waals surface area contributed by atoms with Crippen LogP contribution in [0.2, 0.25) is 0 Å². The summed E-state index contributed by atoms with van der Waals surface area (Å²) in [6.07, 6.45) is 4.03. The second-order valence-corrected chi connectivity index (χ2v) is 13.1. The van der Waals surface area contributed by atoms with E-state index in [1.807, 2.05) is 12.1 Å². The monoisotopic (exact) mass is 557 g/mol. The summed E-state index contributed by atoms with van der Waals surface area (Å²) in [7, 11) is 0. The fourth-order valence-electron chi connectivity index (χ4n) is 8.34. The quantitative estimate of drug-likeness (QED) is 0.355. The van der Waals surface area contributed by atoms with Gasteiger partial charge in [0.1, 0.15) is 6.61 Å². The van der Waals surface area contributed by atoms with Gasteiger partial charge in [0.25, 0.3) is 5.56 Å². The van der Waals surface area contributed by atoms with Gasteiger partial charge in [0.15, 0.2) is 17.1 Å². The molecule has 0 spiro atoms. The second kappa shape index (κ2) is 8.55. The predicted octanol–water partition coefficient (Wildman–Crippen LogP) is 3.97. The highest BCUT2D eigenvalue weighted by Gasteiger charge is 2.53. The van der Waals surface area contributed by atoms with Gasteiger partial charge in [0.2, 0.25) is 6.79 Å². The van der Waals surface area contributed by atoms with Gasteiger partial charge in [-0.2, -0.15) is 0 Å². The fraction of sp³-hybridized carbons (Fsp3) is 0.531. The molecule has 1 aromatic carbocycles. The smallest absolute Gasteiger partial charge is 0.343 e. The highest BCUT2D eigenvalue weighted by molar-refractivity contribution is 5.91. The summed E-state index contributed by atoms with van der Waals surface area (Å²) >= 11 is 0. The lowest BCUT2D eigenvalue weighted by atomic mass is 9.45. The minimum Gasteiger partial charge on any atom is -0.458 e. The predicted molar refractivity (Wildman–Crippen MR) is 150 cm³/mol. The van der Waals surface area contributed by atoms with Gasteiger partial charge in [-0.05, 0) is 73.1 Å². The van der Waals surface area contributed by atoms with Crippen LogP contribution in [0.4, 0.5) is 0 Å². The molecule has 3 saturated carbocycles. The summed E-state index contributed by atoms with van der Waals surface area (Å²) in [5, 5.41) is 16.0. The first kappa shape index (κ1) is 25.3. The molecule has 3 aliphatic carbocycles. The molecule has 0 saturated heterocycles. The van der Waals surface area contributed by atoms with E-state index in [0.717, 1.165) is 40.4 Å². The van der Waals surface area contributed by atoms with Gasteiger partial charge in [-0.25, -0.2) is 9.78 Å². The molecule has 2 aromatic heterocycles. The number of aromatic nitrogens is 2. The van der Waals surface area contributed by atoms with Crippen molar-refractivity contribution in [3.8, 4) is 22.9 Å². The lowest BCUT2D eigenvalue weighted by molar-refractivity contribution is -0.172. The SMILES string of the molecule is CC[C@@]1(O)C(=O)OCc2c1cc1n(c2=O)Cc2c-1nc1cc3c(cc1c2CNCC1CCC2CC1C2(C)C)OCO3. The van der Waals surface area contributed by atoms with Gasteiger partial charge in [0, 0.05) is 29.1 Å². The normalized spacial score (nSPS) is 28.1. The Hall–Kier alpha value is -3.43. The number of carbonyl (C=O) groups excluding carboxylic acids is 1. The van der Waals surface area contributed by atoms with Crippen molar-refractivity contribution in [2.24, 2.45) is 23.2 Å². The van der Waals surface area contributed by atoms with E-state index >= 15 is 0 Å².